The number of phenols is 1. The predicted octanol–water partition coefficient (Wildman–Crippen LogP) is 0.869. The van der Waals surface area contributed by atoms with Crippen molar-refractivity contribution in [3.8, 4) is 5.75 Å². The molecule has 7 atom stereocenters. The van der Waals surface area contributed by atoms with Gasteiger partial charge in [-0.05, 0) is 93.7 Å². The minimum atomic E-state index is -1.50. The highest BCUT2D eigenvalue weighted by atomic mass is 32.3. The molecule has 1 heterocycles. The summed E-state index contributed by atoms with van der Waals surface area (Å²) in [6, 6.07) is -0.125. The zero-order chi connectivity index (χ0) is 42.2. The lowest BCUT2D eigenvalue weighted by molar-refractivity contribution is -0.143. The van der Waals surface area contributed by atoms with Crippen molar-refractivity contribution < 1.29 is 39.0 Å². The van der Waals surface area contributed by atoms with Crippen LogP contribution in [0.2, 0.25) is 0 Å². The van der Waals surface area contributed by atoms with Gasteiger partial charge >= 0.3 is 5.97 Å². The number of nitrogens with zero attached hydrogens (tertiary/aromatic N) is 1. The number of nitrogens with one attached hydrogen (secondary N) is 4. The van der Waals surface area contributed by atoms with E-state index in [4.69, 9.17) is 17.2 Å². The molecule has 0 bridgehead atoms. The number of benzene rings is 1. The molecule has 1 fully saturated rings. The van der Waals surface area contributed by atoms with Gasteiger partial charge in [-0.1, -0.05) is 52.7 Å². The number of rotatable bonds is 24. The minimum Gasteiger partial charge on any atom is -0.508 e. The molecule has 1 aliphatic rings. The van der Waals surface area contributed by atoms with E-state index in [1.165, 1.54) is 17.0 Å². The number of aliphatic carboxylic acids is 1. The number of amides is 5. The van der Waals surface area contributed by atoms with E-state index in [-0.39, 0.29) is 24.5 Å². The Bertz CT molecular complexity index is 1460. The second-order valence-corrected chi connectivity index (χ2v) is 20.1. The molecule has 12 N–H and O–H groups in total. The van der Waals surface area contributed by atoms with Crippen LogP contribution in [0.4, 0.5) is 0 Å². The number of carboxylic acids is 1. The number of carboxylic acid groups (broad SMARTS) is 1. The van der Waals surface area contributed by atoms with Crippen molar-refractivity contribution >= 4 is 45.5 Å². The van der Waals surface area contributed by atoms with E-state index in [0.29, 0.717) is 75.2 Å². The number of unbranched alkanes of at least 4 members (excludes halogenated alkanes) is 2. The lowest BCUT2D eigenvalue weighted by Gasteiger charge is -2.31. The van der Waals surface area contributed by atoms with Crippen LogP contribution in [-0.4, -0.2) is 124 Å². The smallest absolute Gasteiger partial charge is 0.326 e. The summed E-state index contributed by atoms with van der Waals surface area (Å²) in [5, 5.41) is 30.7. The summed E-state index contributed by atoms with van der Waals surface area (Å²) in [5.74, 6) is -3.76. The number of hydrogen-bond donors (Lipinski definition) is 9. The van der Waals surface area contributed by atoms with Gasteiger partial charge in [-0.25, -0.2) is 14.8 Å². The van der Waals surface area contributed by atoms with Crippen LogP contribution >= 0.6 is 10.0 Å². The molecule has 0 aliphatic carbocycles. The van der Waals surface area contributed by atoms with Crippen LogP contribution in [0.15, 0.2) is 24.3 Å². The van der Waals surface area contributed by atoms with Crippen molar-refractivity contribution in [1.29, 1.82) is 0 Å². The van der Waals surface area contributed by atoms with Gasteiger partial charge in [0, 0.05) is 12.2 Å². The molecule has 1 aromatic rings. The third-order valence-corrected chi connectivity index (χ3v) is 12.2. The quantitative estimate of drug-likeness (QED) is 0.0662. The van der Waals surface area contributed by atoms with Gasteiger partial charge in [0.2, 0.25) is 29.5 Å². The number of nitrogens with two attached hydrogens (primary N) is 3. The average molecular weight is 809 g/mol. The summed E-state index contributed by atoms with van der Waals surface area (Å²) in [5.41, 5.74) is 18.1. The van der Waals surface area contributed by atoms with Gasteiger partial charge in [-0.3, -0.25) is 24.0 Å². The van der Waals surface area contributed by atoms with Crippen LogP contribution in [0, 0.1) is 11.8 Å². The molecule has 0 radical (unpaired) electrons. The molecule has 1 aromatic carbocycles. The number of carbonyl (C=O) groups excluding carboxylic acids is 5. The van der Waals surface area contributed by atoms with Gasteiger partial charge in [-0.15, -0.1) is 0 Å². The van der Waals surface area contributed by atoms with Crippen LogP contribution in [0.1, 0.15) is 84.6 Å². The minimum absolute atomic E-state index is 0.0108. The summed E-state index contributed by atoms with van der Waals surface area (Å²) in [7, 11) is -1.50. The van der Waals surface area contributed by atoms with Crippen LogP contribution in [-0.2, 0) is 35.2 Å². The van der Waals surface area contributed by atoms with Crippen molar-refractivity contribution in [1.82, 2.24) is 26.2 Å². The predicted molar refractivity (Wildman–Crippen MR) is 220 cm³/mol. The van der Waals surface area contributed by atoms with Crippen LogP contribution in [0.3, 0.4) is 0 Å². The van der Waals surface area contributed by atoms with Crippen molar-refractivity contribution in [2.75, 3.05) is 37.2 Å². The monoisotopic (exact) mass is 808 g/mol. The van der Waals surface area contributed by atoms with Crippen molar-refractivity contribution in [2.24, 2.45) is 29.0 Å². The summed E-state index contributed by atoms with van der Waals surface area (Å²) in [6.07, 6.45) is 7.92. The van der Waals surface area contributed by atoms with Crippen LogP contribution < -0.4 is 38.5 Å². The molecule has 0 saturated carbocycles. The molecule has 5 amide bonds. The highest BCUT2D eigenvalue weighted by Gasteiger charge is 2.44. The molecule has 1 saturated heterocycles. The van der Waals surface area contributed by atoms with Crippen molar-refractivity contribution in [3.63, 3.8) is 0 Å². The second kappa shape index (κ2) is 23.3. The van der Waals surface area contributed by atoms with Gasteiger partial charge < -0.3 is 53.6 Å². The third kappa shape index (κ3) is 15.5. The Kier molecular flexibility index (Phi) is 20.1. The summed E-state index contributed by atoms with van der Waals surface area (Å²) in [4.78, 5) is 82.9. The summed E-state index contributed by atoms with van der Waals surface area (Å²) in [6.45, 7) is 8.16. The van der Waals surface area contributed by atoms with E-state index >= 15 is 0 Å². The Morgan fingerprint density at radius 3 is 1.96 bits per heavy atom. The lowest BCUT2D eigenvalue weighted by atomic mass is 9.96. The molecule has 1 aliphatic heterocycles. The largest absolute Gasteiger partial charge is 0.508 e. The number of aromatic hydroxyl groups is 1. The Morgan fingerprint density at radius 2 is 1.41 bits per heavy atom. The highest BCUT2D eigenvalue weighted by molar-refractivity contribution is 8.32. The molecule has 16 nitrogen and oxygen atoms in total. The van der Waals surface area contributed by atoms with Crippen molar-refractivity contribution in [3.05, 3.63) is 29.8 Å². The third-order valence-electron chi connectivity index (χ3n) is 10.1. The second-order valence-electron chi connectivity index (χ2n) is 16.0. The topological polar surface area (TPSA) is 272 Å². The van der Waals surface area contributed by atoms with Gasteiger partial charge in [0.05, 0.1) is 11.9 Å². The maximum atomic E-state index is 14.3. The highest BCUT2D eigenvalue weighted by Crippen LogP contribution is 2.48. The Labute approximate surface area is 333 Å². The molecule has 0 unspecified atom stereocenters. The zero-order valence-electron chi connectivity index (χ0n) is 34.1. The molecular formula is C39H68N8O8S. The van der Waals surface area contributed by atoms with Gasteiger partial charge in [0.1, 0.15) is 36.0 Å². The SMILES string of the molecule is CC[C@H](C)[C@H](NC(=O)[C@H](Cc1ccc(O)cc1)NC(=O)[C@@H]1CS(C)(C)CN1C(=O)[C@H](CCCCN)NC(=O)[C@@H](N)CCCCN)C(=O)N[C@@H](CC(C)C)C(=O)O. The van der Waals surface area contributed by atoms with Gasteiger partial charge in [0.15, 0.2) is 0 Å². The van der Waals surface area contributed by atoms with Crippen LogP contribution in [0.25, 0.3) is 0 Å². The molecule has 0 spiro atoms. The standard InChI is InChI=1S/C39H68N8O8S/c1-7-25(4)33(37(52)45-31(39(54)55)20-24(2)3)46-35(50)30(21-26-14-16-27(48)17-15-26)44-36(51)32-22-56(5,6)23-47(32)38(53)29(13-9-11-19-41)43-34(49)28(42)12-8-10-18-40/h14-17,24-25,28-33,48H,7-13,18-23,40-42H2,1-6H3,(H,43,49)(H,44,51)(H,45,52)(H,46,50)(H,54,55)/t25-,28-,29-,30-,31-,32-,33-/m0/s1. The fraction of sp³-hybridized carbons (Fsp3) is 0.692. The maximum Gasteiger partial charge on any atom is 0.326 e. The first kappa shape index (κ1) is 48.2. The fourth-order valence-corrected chi connectivity index (χ4v) is 8.95. The van der Waals surface area contributed by atoms with Crippen LogP contribution in [0.5, 0.6) is 5.75 Å². The molecule has 2 rings (SSSR count). The molecule has 318 valence electrons. The Balaban J connectivity index is 2.43. The maximum absolute atomic E-state index is 14.3. The van der Waals surface area contributed by atoms with E-state index in [1.54, 1.807) is 19.1 Å². The first-order chi connectivity index (χ1) is 26.3. The van der Waals surface area contributed by atoms with E-state index < -0.39 is 87.7 Å². The normalized spacial score (nSPS) is 18.8. The van der Waals surface area contributed by atoms with Gasteiger partial charge in [0.25, 0.3) is 0 Å². The molecule has 17 heteroatoms. The van der Waals surface area contributed by atoms with E-state index in [1.807, 2.05) is 33.3 Å². The number of hydrogen-bond acceptors (Lipinski definition) is 10. The molecule has 0 aromatic heterocycles. The first-order valence-corrected chi connectivity index (χ1v) is 22.5. The van der Waals surface area contributed by atoms with E-state index in [0.717, 1.165) is 0 Å². The van der Waals surface area contributed by atoms with Gasteiger partial charge in [-0.2, -0.15) is 0 Å². The molecular weight excluding hydrogens is 741 g/mol. The number of phenolic OH excluding ortho intramolecular Hbond substituents is 1. The first-order valence-electron chi connectivity index (χ1n) is 19.7. The Hall–Kier alpha value is -3.93. The lowest BCUT2D eigenvalue weighted by Crippen LogP contribution is -2.60. The average Bonchev–Trinajstić information content (AvgIpc) is 3.47. The van der Waals surface area contributed by atoms with E-state index in [9.17, 15) is 39.0 Å². The summed E-state index contributed by atoms with van der Waals surface area (Å²) >= 11 is 0. The zero-order valence-corrected chi connectivity index (χ0v) is 34.9. The summed E-state index contributed by atoms with van der Waals surface area (Å²) < 4.78 is 0. The fourth-order valence-electron chi connectivity index (χ4n) is 6.59. The molecule has 56 heavy (non-hydrogen) atoms. The Morgan fingerprint density at radius 1 is 0.821 bits per heavy atom. The number of carbonyl (C=O) groups is 6. The van der Waals surface area contributed by atoms with Crippen molar-refractivity contribution in [2.45, 2.75) is 122 Å². The van der Waals surface area contributed by atoms with E-state index in [2.05, 4.69) is 21.3 Å².